The van der Waals surface area contributed by atoms with Crippen molar-refractivity contribution >= 4 is 56.7 Å². The number of hydrogen-bond donors (Lipinski definition) is 0. The van der Waals surface area contributed by atoms with E-state index in [1.165, 1.54) is 76.0 Å². The van der Waals surface area contributed by atoms with Crippen molar-refractivity contribution in [1.29, 1.82) is 0 Å². The molecular formula is C70H51NSi. The first-order valence-electron chi connectivity index (χ1n) is 24.8. The average Bonchev–Trinajstić information content (AvgIpc) is 3.47. The van der Waals surface area contributed by atoms with Crippen LogP contribution in [0.3, 0.4) is 0 Å². The molecule has 1 nitrogen and oxygen atoms in total. The summed E-state index contributed by atoms with van der Waals surface area (Å²) in [6.45, 7) is 0. The maximum atomic E-state index is 2.45. The van der Waals surface area contributed by atoms with E-state index in [1.54, 1.807) is 0 Å². The minimum atomic E-state index is -2.79. The van der Waals surface area contributed by atoms with Gasteiger partial charge in [0.25, 0.3) is 0 Å². The van der Waals surface area contributed by atoms with E-state index >= 15 is 0 Å². The lowest BCUT2D eigenvalue weighted by Crippen LogP contribution is -2.74. The van der Waals surface area contributed by atoms with Crippen LogP contribution in [0.2, 0.25) is 0 Å². The fraction of sp³-hybridized carbons (Fsp3) is 0. The molecule has 12 aromatic carbocycles. The quantitative estimate of drug-likeness (QED) is 0.0872. The summed E-state index contributed by atoms with van der Waals surface area (Å²) in [5.41, 5.74) is 15.3. The lowest BCUT2D eigenvalue weighted by atomic mass is 9.78. The van der Waals surface area contributed by atoms with Crippen LogP contribution in [0, 0.1) is 0 Å². The normalized spacial score (nSPS) is 11.3. The first-order valence-corrected chi connectivity index (χ1v) is 26.8. The third kappa shape index (κ3) is 8.14. The highest BCUT2D eigenvalue weighted by Gasteiger charge is 2.41. The standard InChI is InChI=1S/C70H51NSi/c1-9-26-53(27-10-1)67-65-49-46-57(50-66(65)68(54-28-11-2-12-29-54)70(56-32-15-4-16-33-56)69(67)55-30-13-3-14-31-55)52-44-47-59(48-45-52)71(58-34-17-5-18-35-58)60-36-25-43-64(51-60)72(61-37-19-6-20-38-61,62-39-21-7-22-40-62)63-41-23-8-24-42-63/h1-51H. The zero-order valence-electron chi connectivity index (χ0n) is 39.9. The zero-order valence-corrected chi connectivity index (χ0v) is 40.9. The molecule has 0 spiro atoms. The Kier molecular flexibility index (Phi) is 12.1. The van der Waals surface area contributed by atoms with Crippen LogP contribution in [-0.4, -0.2) is 8.07 Å². The molecule has 340 valence electrons. The molecule has 0 aliphatic heterocycles. The minimum Gasteiger partial charge on any atom is -0.311 e. The average molecular weight is 934 g/mol. The van der Waals surface area contributed by atoms with Gasteiger partial charge in [0.05, 0.1) is 0 Å². The summed E-state index contributed by atoms with van der Waals surface area (Å²) in [5.74, 6) is 0. The molecule has 72 heavy (non-hydrogen) atoms. The third-order valence-corrected chi connectivity index (χ3v) is 19.0. The van der Waals surface area contributed by atoms with Crippen molar-refractivity contribution in [3.63, 3.8) is 0 Å². The molecule has 0 aromatic heterocycles. The van der Waals surface area contributed by atoms with Crippen LogP contribution in [0.15, 0.2) is 309 Å². The Bertz CT molecular complexity index is 3640. The summed E-state index contributed by atoms with van der Waals surface area (Å²) in [4.78, 5) is 2.41. The van der Waals surface area contributed by atoms with E-state index in [2.05, 4.69) is 314 Å². The van der Waals surface area contributed by atoms with Gasteiger partial charge in [-0.3, -0.25) is 0 Å². The molecule has 0 atom stereocenters. The van der Waals surface area contributed by atoms with Crippen molar-refractivity contribution < 1.29 is 0 Å². The molecule has 0 aliphatic carbocycles. The van der Waals surface area contributed by atoms with Gasteiger partial charge in [-0.25, -0.2) is 0 Å². The van der Waals surface area contributed by atoms with Gasteiger partial charge in [-0.2, -0.15) is 0 Å². The molecule has 0 aliphatic rings. The second-order valence-corrected chi connectivity index (χ2v) is 22.2. The van der Waals surface area contributed by atoms with Crippen LogP contribution in [0.1, 0.15) is 0 Å². The maximum Gasteiger partial charge on any atom is 0.179 e. The summed E-state index contributed by atoms with van der Waals surface area (Å²) in [6.07, 6.45) is 0. The molecule has 0 saturated carbocycles. The molecule has 12 aromatic rings. The van der Waals surface area contributed by atoms with Gasteiger partial charge in [0, 0.05) is 17.1 Å². The zero-order chi connectivity index (χ0) is 48.1. The highest BCUT2D eigenvalue weighted by molar-refractivity contribution is 7.19. The first kappa shape index (κ1) is 44.1. The number of fused-ring (bicyclic) bond motifs is 1. The molecule has 0 N–H and O–H groups in total. The molecule has 0 fully saturated rings. The predicted octanol–water partition coefficient (Wildman–Crippen LogP) is 16.0. The molecule has 0 bridgehead atoms. The number of para-hydroxylation sites is 1. The van der Waals surface area contributed by atoms with E-state index in [0.29, 0.717) is 0 Å². The summed E-state index contributed by atoms with van der Waals surface area (Å²) in [5, 5.41) is 7.81. The molecular weight excluding hydrogens is 883 g/mol. The van der Waals surface area contributed by atoms with Gasteiger partial charge in [0.15, 0.2) is 8.07 Å². The van der Waals surface area contributed by atoms with Crippen LogP contribution in [0.25, 0.3) is 66.4 Å². The summed E-state index contributed by atoms with van der Waals surface area (Å²) < 4.78 is 0. The van der Waals surface area contributed by atoms with E-state index in [9.17, 15) is 0 Å². The fourth-order valence-electron chi connectivity index (χ4n) is 11.0. The maximum absolute atomic E-state index is 2.79. The Balaban J connectivity index is 1.04. The van der Waals surface area contributed by atoms with Crippen LogP contribution in [0.5, 0.6) is 0 Å². The van der Waals surface area contributed by atoms with Crippen LogP contribution in [-0.2, 0) is 0 Å². The second kappa shape index (κ2) is 19.7. The summed E-state index contributed by atoms with van der Waals surface area (Å²) in [7, 11) is -2.79. The van der Waals surface area contributed by atoms with Gasteiger partial charge >= 0.3 is 0 Å². The minimum absolute atomic E-state index is 1.09. The summed E-state index contributed by atoms with van der Waals surface area (Å²) in [6, 6.07) is 114. The Morgan fingerprint density at radius 2 is 0.528 bits per heavy atom. The van der Waals surface area contributed by atoms with Gasteiger partial charge in [0.1, 0.15) is 0 Å². The smallest absolute Gasteiger partial charge is 0.179 e. The molecule has 0 amide bonds. The second-order valence-electron chi connectivity index (χ2n) is 18.3. The number of nitrogens with zero attached hydrogens (tertiary/aromatic N) is 1. The SMILES string of the molecule is c1ccc(-c2c(-c3ccccc3)c(-c3ccccc3)c3cc(-c4ccc(N(c5ccccc5)c5cccc([Si](c6ccccc6)(c6ccccc6)c6ccccc6)c5)cc4)ccc3c2-c2ccccc2)cc1. The lowest BCUT2D eigenvalue weighted by Gasteiger charge is -2.35. The Morgan fingerprint density at radius 1 is 0.194 bits per heavy atom. The van der Waals surface area contributed by atoms with Crippen molar-refractivity contribution in [2.24, 2.45) is 0 Å². The van der Waals surface area contributed by atoms with Gasteiger partial charge in [-0.1, -0.05) is 267 Å². The van der Waals surface area contributed by atoms with E-state index in [-0.39, 0.29) is 0 Å². The van der Waals surface area contributed by atoms with Gasteiger partial charge in [0.2, 0.25) is 0 Å². The van der Waals surface area contributed by atoms with Gasteiger partial charge in [-0.05, 0) is 130 Å². The van der Waals surface area contributed by atoms with Gasteiger partial charge < -0.3 is 4.90 Å². The first-order chi connectivity index (χ1) is 35.8. The molecule has 0 heterocycles. The number of anilines is 3. The molecule has 12 rings (SSSR count). The number of rotatable bonds is 12. The summed E-state index contributed by atoms with van der Waals surface area (Å²) >= 11 is 0. The van der Waals surface area contributed by atoms with Gasteiger partial charge in [-0.15, -0.1) is 0 Å². The Morgan fingerprint density at radius 3 is 0.972 bits per heavy atom. The topological polar surface area (TPSA) is 3.24 Å². The Labute approximate surface area is 424 Å². The van der Waals surface area contributed by atoms with E-state index in [0.717, 1.165) is 28.2 Å². The molecule has 0 radical (unpaired) electrons. The number of benzene rings is 12. The molecule has 2 heteroatoms. The lowest BCUT2D eigenvalue weighted by molar-refractivity contribution is 1.29. The fourth-order valence-corrected chi connectivity index (χ4v) is 15.8. The highest BCUT2D eigenvalue weighted by Crippen LogP contribution is 2.51. The molecule has 0 saturated heterocycles. The third-order valence-electron chi connectivity index (χ3n) is 14.2. The largest absolute Gasteiger partial charge is 0.311 e. The Hall–Kier alpha value is -9.08. The molecule has 0 unspecified atom stereocenters. The monoisotopic (exact) mass is 933 g/mol. The van der Waals surface area contributed by atoms with Crippen molar-refractivity contribution in [3.05, 3.63) is 309 Å². The van der Waals surface area contributed by atoms with Crippen molar-refractivity contribution in [2.45, 2.75) is 0 Å². The predicted molar refractivity (Wildman–Crippen MR) is 309 cm³/mol. The van der Waals surface area contributed by atoms with Crippen molar-refractivity contribution in [1.82, 2.24) is 0 Å². The van der Waals surface area contributed by atoms with E-state index in [1.807, 2.05) is 0 Å². The van der Waals surface area contributed by atoms with Crippen LogP contribution in [0.4, 0.5) is 17.1 Å². The van der Waals surface area contributed by atoms with E-state index < -0.39 is 8.07 Å². The van der Waals surface area contributed by atoms with Crippen molar-refractivity contribution in [3.8, 4) is 55.6 Å². The van der Waals surface area contributed by atoms with Crippen molar-refractivity contribution in [2.75, 3.05) is 4.90 Å². The highest BCUT2D eigenvalue weighted by atomic mass is 28.3. The van der Waals surface area contributed by atoms with Crippen LogP contribution >= 0.6 is 0 Å². The van der Waals surface area contributed by atoms with E-state index in [4.69, 9.17) is 0 Å². The number of hydrogen-bond acceptors (Lipinski definition) is 1. The van der Waals surface area contributed by atoms with Crippen LogP contribution < -0.4 is 25.6 Å².